The molecule has 0 saturated carbocycles. The molecule has 7 nitrogen and oxygen atoms in total. The Balaban J connectivity index is 1.81. The molecule has 0 radical (unpaired) electrons. The second-order valence-electron chi connectivity index (χ2n) is 6.53. The highest BCUT2D eigenvalue weighted by Crippen LogP contribution is 2.41. The van der Waals surface area contributed by atoms with Crippen molar-refractivity contribution in [3.05, 3.63) is 68.9 Å². The van der Waals surface area contributed by atoms with Gasteiger partial charge in [0.05, 0.1) is 31.6 Å². The fourth-order valence-electron chi connectivity index (χ4n) is 3.25. The number of rotatable bonds is 6. The molecule has 0 amide bonds. The minimum Gasteiger partial charge on any atom is -0.493 e. The third-order valence-corrected chi connectivity index (χ3v) is 5.81. The average molecular weight is 473 g/mol. The van der Waals surface area contributed by atoms with Crippen LogP contribution in [0.1, 0.15) is 10.4 Å². The van der Waals surface area contributed by atoms with Crippen molar-refractivity contribution in [1.82, 2.24) is 0 Å². The Bertz CT molecular complexity index is 1330. The van der Waals surface area contributed by atoms with Gasteiger partial charge in [0, 0.05) is 10.6 Å². The van der Waals surface area contributed by atoms with Crippen LogP contribution in [0.3, 0.4) is 0 Å². The molecule has 0 N–H and O–H groups in total. The fraction of sp³-hybridized carbons (Fsp3) is 0.130. The number of benzene rings is 3. The zero-order valence-corrected chi connectivity index (χ0v) is 18.8. The number of esters is 1. The van der Waals surface area contributed by atoms with Gasteiger partial charge in [-0.15, -0.1) is 0 Å². The highest BCUT2D eigenvalue weighted by molar-refractivity contribution is 7.16. The first-order valence-corrected chi connectivity index (χ1v) is 10.5. The summed E-state index contributed by atoms with van der Waals surface area (Å²) in [6.45, 7) is 0. The predicted molar refractivity (Wildman–Crippen MR) is 122 cm³/mol. The number of methoxy groups -OCH3 is 3. The maximum absolute atomic E-state index is 13.1. The molecule has 0 atom stereocenters. The summed E-state index contributed by atoms with van der Waals surface area (Å²) in [4.78, 5) is 24.5. The molecular formula is C23H17ClO7S. The van der Waals surface area contributed by atoms with E-state index in [1.807, 2.05) is 0 Å². The Hall–Kier alpha value is -3.49. The summed E-state index contributed by atoms with van der Waals surface area (Å²) >= 11 is 6.95. The Labute approximate surface area is 191 Å². The number of carbonyl (C=O) groups excluding carboxylic acids is 1. The molecule has 9 heteroatoms. The monoisotopic (exact) mass is 472 g/mol. The number of carbonyl (C=O) groups is 1. The quantitative estimate of drug-likeness (QED) is 0.273. The van der Waals surface area contributed by atoms with Crippen LogP contribution < -0.4 is 23.9 Å². The first-order chi connectivity index (χ1) is 15.4. The highest BCUT2D eigenvalue weighted by atomic mass is 35.5. The van der Waals surface area contributed by atoms with Gasteiger partial charge in [-0.3, -0.25) is 0 Å². The topological polar surface area (TPSA) is 84.2 Å². The summed E-state index contributed by atoms with van der Waals surface area (Å²) in [7, 11) is 4.39. The van der Waals surface area contributed by atoms with Crippen molar-refractivity contribution in [3.8, 4) is 34.1 Å². The summed E-state index contributed by atoms with van der Waals surface area (Å²) in [5.74, 6) is 0.615. The summed E-state index contributed by atoms with van der Waals surface area (Å²) in [6.07, 6.45) is 0. The lowest BCUT2D eigenvalue weighted by molar-refractivity contribution is 0.0735. The summed E-state index contributed by atoms with van der Waals surface area (Å²) in [5, 5.41) is 0.553. The lowest BCUT2D eigenvalue weighted by Crippen LogP contribution is -2.10. The Kier molecular flexibility index (Phi) is 6.07. The molecule has 0 spiro atoms. The molecule has 0 unspecified atom stereocenters. The van der Waals surface area contributed by atoms with Crippen molar-refractivity contribution < 1.29 is 28.2 Å². The van der Waals surface area contributed by atoms with E-state index in [4.69, 9.17) is 35.0 Å². The van der Waals surface area contributed by atoms with Gasteiger partial charge in [0.2, 0.25) is 5.75 Å². The second-order valence-corrected chi connectivity index (χ2v) is 7.91. The van der Waals surface area contributed by atoms with Crippen molar-refractivity contribution in [1.29, 1.82) is 0 Å². The van der Waals surface area contributed by atoms with Gasteiger partial charge < -0.3 is 23.4 Å². The Morgan fingerprint density at radius 1 is 0.906 bits per heavy atom. The Morgan fingerprint density at radius 2 is 1.56 bits per heavy atom. The minimum absolute atomic E-state index is 0.196. The number of halogens is 1. The third-order valence-electron chi connectivity index (χ3n) is 4.70. The number of hydrogen-bond acceptors (Lipinski definition) is 8. The van der Waals surface area contributed by atoms with E-state index in [2.05, 4.69) is 0 Å². The van der Waals surface area contributed by atoms with Gasteiger partial charge in [-0.2, -0.15) is 0 Å². The average Bonchev–Trinajstić information content (AvgIpc) is 3.18. The number of ether oxygens (including phenoxy) is 4. The molecule has 3 aromatic carbocycles. The van der Waals surface area contributed by atoms with Crippen molar-refractivity contribution in [2.24, 2.45) is 0 Å². The van der Waals surface area contributed by atoms with Crippen LogP contribution in [-0.2, 0) is 0 Å². The van der Waals surface area contributed by atoms with Gasteiger partial charge in [-0.05, 0) is 42.0 Å². The summed E-state index contributed by atoms with van der Waals surface area (Å²) < 4.78 is 27.5. The van der Waals surface area contributed by atoms with Gasteiger partial charge in [0.25, 0.3) is 0 Å². The van der Waals surface area contributed by atoms with Crippen LogP contribution in [0.25, 0.3) is 21.4 Å². The lowest BCUT2D eigenvalue weighted by atomic mass is 10.0. The van der Waals surface area contributed by atoms with Crippen LogP contribution in [-0.4, -0.2) is 27.3 Å². The standard InChI is InChI=1S/C23H17ClO7S/c1-27-17-10-13(11-18(28-2)20(17)29-3)22(25)30-15-8-9-16-21(32-23(26)31-16)19(15)12-4-6-14(24)7-5-12/h4-11H,1-3H3. The van der Waals surface area contributed by atoms with Crippen LogP contribution in [0.2, 0.25) is 5.02 Å². The van der Waals surface area contributed by atoms with E-state index < -0.39 is 10.9 Å². The van der Waals surface area contributed by atoms with Gasteiger partial charge >= 0.3 is 10.9 Å². The zero-order chi connectivity index (χ0) is 22.8. The minimum atomic E-state index is -0.644. The van der Waals surface area contributed by atoms with Crippen molar-refractivity contribution in [2.75, 3.05) is 21.3 Å². The van der Waals surface area contributed by atoms with Crippen LogP contribution in [0.5, 0.6) is 23.0 Å². The first-order valence-electron chi connectivity index (χ1n) is 9.30. The number of hydrogen-bond donors (Lipinski definition) is 0. The SMILES string of the molecule is COc1cc(C(=O)Oc2ccc3oc(=O)sc3c2-c2ccc(Cl)cc2)cc(OC)c1OC. The van der Waals surface area contributed by atoms with E-state index in [1.165, 1.54) is 33.5 Å². The smallest absolute Gasteiger partial charge is 0.396 e. The van der Waals surface area contributed by atoms with E-state index in [1.54, 1.807) is 36.4 Å². The molecular weight excluding hydrogens is 456 g/mol. The fourth-order valence-corrected chi connectivity index (χ4v) is 4.21. The highest BCUT2D eigenvalue weighted by Gasteiger charge is 2.22. The second kappa shape index (κ2) is 8.94. The summed E-state index contributed by atoms with van der Waals surface area (Å²) in [5.41, 5.74) is 1.86. The first kappa shape index (κ1) is 21.7. The van der Waals surface area contributed by atoms with E-state index in [9.17, 15) is 9.59 Å². The maximum Gasteiger partial charge on any atom is 0.396 e. The molecule has 0 fully saturated rings. The predicted octanol–water partition coefficient (Wildman–Crippen LogP) is 5.42. The van der Waals surface area contributed by atoms with Gasteiger partial charge in [-0.25, -0.2) is 9.59 Å². The molecule has 1 heterocycles. The largest absolute Gasteiger partial charge is 0.493 e. The molecule has 0 aliphatic carbocycles. The van der Waals surface area contributed by atoms with Crippen LogP contribution >= 0.6 is 22.9 Å². The van der Waals surface area contributed by atoms with Crippen LogP contribution in [0.15, 0.2) is 57.7 Å². The van der Waals surface area contributed by atoms with Gasteiger partial charge in [0.15, 0.2) is 11.5 Å². The third kappa shape index (κ3) is 4.02. The van der Waals surface area contributed by atoms with E-state index >= 15 is 0 Å². The maximum atomic E-state index is 13.1. The molecule has 0 saturated heterocycles. The molecule has 0 bridgehead atoms. The summed E-state index contributed by atoms with van der Waals surface area (Å²) in [6, 6.07) is 13.1. The van der Waals surface area contributed by atoms with E-state index in [0.717, 1.165) is 11.3 Å². The molecule has 0 aliphatic rings. The van der Waals surface area contributed by atoms with E-state index in [0.29, 0.717) is 43.7 Å². The molecule has 1 aromatic heterocycles. The molecule has 0 aliphatic heterocycles. The van der Waals surface area contributed by atoms with Crippen LogP contribution in [0.4, 0.5) is 0 Å². The molecule has 32 heavy (non-hydrogen) atoms. The van der Waals surface area contributed by atoms with Gasteiger partial charge in [0.1, 0.15) is 11.3 Å². The molecule has 164 valence electrons. The number of fused-ring (bicyclic) bond motifs is 1. The van der Waals surface area contributed by atoms with Gasteiger partial charge in [-0.1, -0.05) is 35.1 Å². The van der Waals surface area contributed by atoms with E-state index in [-0.39, 0.29) is 11.3 Å². The molecule has 4 aromatic rings. The molecule has 4 rings (SSSR count). The Morgan fingerprint density at radius 3 is 2.16 bits per heavy atom. The van der Waals surface area contributed by atoms with Crippen LogP contribution in [0, 0.1) is 0 Å². The zero-order valence-electron chi connectivity index (χ0n) is 17.3. The van der Waals surface area contributed by atoms with Crippen molar-refractivity contribution in [2.45, 2.75) is 0 Å². The van der Waals surface area contributed by atoms with Crippen molar-refractivity contribution >= 4 is 39.2 Å². The lowest BCUT2D eigenvalue weighted by Gasteiger charge is -2.15. The normalized spacial score (nSPS) is 10.8. The van der Waals surface area contributed by atoms with Crippen molar-refractivity contribution in [3.63, 3.8) is 0 Å².